The van der Waals surface area contributed by atoms with Gasteiger partial charge < -0.3 is 27.2 Å². The van der Waals surface area contributed by atoms with Crippen molar-refractivity contribution >= 4 is 42.2 Å². The number of carbonyl (C=O) groups excluding carboxylic acids is 2. The fraction of sp³-hybridized carbons (Fsp3) is 0.786. The molecule has 140 valence electrons. The Kier molecular flexibility index (Phi) is 12.8. The van der Waals surface area contributed by atoms with Gasteiger partial charge in [0.15, 0.2) is 0 Å². The lowest BCUT2D eigenvalue weighted by Crippen LogP contribution is -2.55. The number of amides is 2. The first-order valence-electron chi connectivity index (χ1n) is 7.76. The van der Waals surface area contributed by atoms with E-state index in [1.165, 1.54) is 11.8 Å². The minimum Gasteiger partial charge on any atom is -0.480 e. The number of unbranched alkanes of at least 4 members (excludes halogenated alkanes) is 1. The molecule has 2 amide bonds. The molecule has 3 atom stereocenters. The molecule has 24 heavy (non-hydrogen) atoms. The van der Waals surface area contributed by atoms with Gasteiger partial charge in [0.05, 0.1) is 6.04 Å². The van der Waals surface area contributed by atoms with E-state index in [9.17, 15) is 14.4 Å². The van der Waals surface area contributed by atoms with Gasteiger partial charge >= 0.3 is 5.97 Å². The molecule has 8 nitrogen and oxygen atoms in total. The molecule has 0 spiro atoms. The number of carbonyl (C=O) groups is 3. The Morgan fingerprint density at radius 3 is 2.25 bits per heavy atom. The topological polar surface area (TPSA) is 148 Å². The minimum atomic E-state index is -1.11. The molecule has 0 rings (SSSR count). The average molecular weight is 381 g/mol. The average Bonchev–Trinajstić information content (AvgIpc) is 2.55. The van der Waals surface area contributed by atoms with Crippen LogP contribution in [0.25, 0.3) is 0 Å². The predicted molar refractivity (Wildman–Crippen MR) is 99.2 cm³/mol. The van der Waals surface area contributed by atoms with Crippen LogP contribution in [-0.4, -0.2) is 65.3 Å². The number of rotatable bonds is 13. The highest BCUT2D eigenvalue weighted by molar-refractivity contribution is 7.98. The first-order chi connectivity index (χ1) is 11.4. The summed E-state index contributed by atoms with van der Waals surface area (Å²) in [5, 5.41) is 14.1. The van der Waals surface area contributed by atoms with Gasteiger partial charge in [-0.2, -0.15) is 24.4 Å². The Morgan fingerprint density at radius 1 is 1.12 bits per heavy atom. The fourth-order valence-electron chi connectivity index (χ4n) is 1.88. The lowest BCUT2D eigenvalue weighted by Gasteiger charge is -2.21. The molecule has 0 saturated carbocycles. The van der Waals surface area contributed by atoms with Crippen molar-refractivity contribution in [3.8, 4) is 0 Å². The van der Waals surface area contributed by atoms with Gasteiger partial charge in [0.25, 0.3) is 0 Å². The monoisotopic (exact) mass is 380 g/mol. The summed E-state index contributed by atoms with van der Waals surface area (Å²) >= 11 is 5.53. The normalized spacial score (nSPS) is 14.5. The highest BCUT2D eigenvalue weighted by atomic mass is 32.2. The number of carboxylic acid groups (broad SMARTS) is 1. The van der Waals surface area contributed by atoms with Gasteiger partial charge in [0.2, 0.25) is 11.8 Å². The number of thiol groups is 1. The second kappa shape index (κ2) is 13.3. The predicted octanol–water partition coefficient (Wildman–Crippen LogP) is -0.820. The van der Waals surface area contributed by atoms with E-state index in [2.05, 4.69) is 23.3 Å². The molecule has 0 bridgehead atoms. The van der Waals surface area contributed by atoms with E-state index in [-0.39, 0.29) is 5.75 Å². The zero-order valence-corrected chi connectivity index (χ0v) is 15.6. The number of carboxylic acids is 1. The van der Waals surface area contributed by atoms with Crippen LogP contribution in [0, 0.1) is 0 Å². The summed E-state index contributed by atoms with van der Waals surface area (Å²) < 4.78 is 0. The van der Waals surface area contributed by atoms with E-state index in [1.54, 1.807) is 0 Å². The Morgan fingerprint density at radius 2 is 1.75 bits per heavy atom. The Hall–Kier alpha value is -0.970. The van der Waals surface area contributed by atoms with Crippen molar-refractivity contribution in [2.75, 3.05) is 24.3 Å². The van der Waals surface area contributed by atoms with Gasteiger partial charge in [0, 0.05) is 5.75 Å². The van der Waals surface area contributed by atoms with E-state index < -0.39 is 35.9 Å². The summed E-state index contributed by atoms with van der Waals surface area (Å²) in [6, 6.07) is -2.67. The van der Waals surface area contributed by atoms with Gasteiger partial charge in [-0.3, -0.25) is 9.59 Å². The van der Waals surface area contributed by atoms with Crippen LogP contribution in [0.4, 0.5) is 0 Å². The number of hydrogen-bond acceptors (Lipinski definition) is 7. The SMILES string of the molecule is CSCC[C@H](NC(=O)[C@H](CS)NC(=O)[C@@H](N)CCCCN)C(=O)O. The standard InChI is InChI=1S/C14H28N4O4S2/c1-24-7-5-10(14(21)22)17-13(20)11(8-23)18-12(19)9(16)4-2-3-6-15/h9-11,23H,2-8,15-16H2,1H3,(H,17,20)(H,18,19)(H,21,22)/t9-,10-,11-/m0/s1. The number of hydrogen-bond donors (Lipinski definition) is 6. The van der Waals surface area contributed by atoms with Crippen molar-refractivity contribution in [2.45, 2.75) is 43.8 Å². The molecular weight excluding hydrogens is 352 g/mol. The molecule has 0 aliphatic rings. The summed E-state index contributed by atoms with van der Waals surface area (Å²) in [6.45, 7) is 0.530. The van der Waals surface area contributed by atoms with Crippen LogP contribution >= 0.6 is 24.4 Å². The summed E-state index contributed by atoms with van der Waals surface area (Å²) in [7, 11) is 0. The van der Waals surface area contributed by atoms with Crippen LogP contribution in [0.5, 0.6) is 0 Å². The minimum absolute atomic E-state index is 0.0436. The van der Waals surface area contributed by atoms with Gasteiger partial charge in [-0.25, -0.2) is 4.79 Å². The molecule has 7 N–H and O–H groups in total. The Balaban J connectivity index is 4.56. The molecule has 0 aliphatic heterocycles. The highest BCUT2D eigenvalue weighted by Crippen LogP contribution is 2.03. The molecule has 0 aliphatic carbocycles. The van der Waals surface area contributed by atoms with Crippen LogP contribution in [0.1, 0.15) is 25.7 Å². The van der Waals surface area contributed by atoms with Crippen LogP contribution < -0.4 is 22.1 Å². The molecule has 0 saturated heterocycles. The van der Waals surface area contributed by atoms with Gasteiger partial charge in [-0.15, -0.1) is 0 Å². The number of aliphatic carboxylic acids is 1. The molecule has 0 fully saturated rings. The summed E-state index contributed by atoms with van der Waals surface area (Å²) in [5.74, 6) is -1.51. The third-order valence-corrected chi connectivity index (χ3v) is 4.36. The largest absolute Gasteiger partial charge is 0.480 e. The van der Waals surface area contributed by atoms with E-state index in [1.807, 2.05) is 6.26 Å². The molecule has 0 aromatic rings. The molecule has 0 aromatic carbocycles. The molecule has 0 radical (unpaired) electrons. The van der Waals surface area contributed by atoms with E-state index in [4.69, 9.17) is 16.6 Å². The van der Waals surface area contributed by atoms with E-state index >= 15 is 0 Å². The summed E-state index contributed by atoms with van der Waals surface area (Å²) in [6.07, 6.45) is 4.11. The van der Waals surface area contributed by atoms with Crippen LogP contribution in [0.2, 0.25) is 0 Å². The van der Waals surface area contributed by atoms with Crippen LogP contribution in [0.3, 0.4) is 0 Å². The maximum Gasteiger partial charge on any atom is 0.326 e. The van der Waals surface area contributed by atoms with Gasteiger partial charge in [-0.1, -0.05) is 6.42 Å². The van der Waals surface area contributed by atoms with Gasteiger partial charge in [-0.05, 0) is 37.8 Å². The van der Waals surface area contributed by atoms with Gasteiger partial charge in [0.1, 0.15) is 12.1 Å². The number of nitrogens with one attached hydrogen (secondary N) is 2. The van der Waals surface area contributed by atoms with Crippen molar-refractivity contribution in [2.24, 2.45) is 11.5 Å². The van der Waals surface area contributed by atoms with Crippen molar-refractivity contribution in [1.82, 2.24) is 10.6 Å². The Bertz CT molecular complexity index is 412. The maximum atomic E-state index is 12.2. The summed E-state index contributed by atoms with van der Waals surface area (Å²) in [4.78, 5) is 35.3. The lowest BCUT2D eigenvalue weighted by atomic mass is 10.1. The second-order valence-corrected chi connectivity index (χ2v) is 6.67. The summed E-state index contributed by atoms with van der Waals surface area (Å²) in [5.41, 5.74) is 11.2. The molecule has 0 heterocycles. The molecule has 0 unspecified atom stereocenters. The maximum absolute atomic E-state index is 12.2. The number of nitrogens with two attached hydrogens (primary N) is 2. The van der Waals surface area contributed by atoms with Crippen LogP contribution in [-0.2, 0) is 14.4 Å². The highest BCUT2D eigenvalue weighted by Gasteiger charge is 2.26. The molecule has 0 aromatic heterocycles. The third kappa shape index (κ3) is 9.36. The lowest BCUT2D eigenvalue weighted by molar-refractivity contribution is -0.142. The smallest absolute Gasteiger partial charge is 0.326 e. The molecule has 10 heteroatoms. The second-order valence-electron chi connectivity index (χ2n) is 5.32. The Labute approximate surface area is 152 Å². The molecular formula is C14H28N4O4S2. The van der Waals surface area contributed by atoms with E-state index in [0.717, 1.165) is 12.8 Å². The fourth-order valence-corrected chi connectivity index (χ4v) is 2.61. The van der Waals surface area contributed by atoms with Crippen molar-refractivity contribution in [1.29, 1.82) is 0 Å². The van der Waals surface area contributed by atoms with Crippen molar-refractivity contribution < 1.29 is 19.5 Å². The van der Waals surface area contributed by atoms with Crippen molar-refractivity contribution in [3.63, 3.8) is 0 Å². The zero-order valence-electron chi connectivity index (χ0n) is 13.9. The van der Waals surface area contributed by atoms with Crippen molar-refractivity contribution in [3.05, 3.63) is 0 Å². The first kappa shape index (κ1) is 23.0. The quantitative estimate of drug-likeness (QED) is 0.181. The van der Waals surface area contributed by atoms with Crippen LogP contribution in [0.15, 0.2) is 0 Å². The number of thioether (sulfide) groups is 1. The van der Waals surface area contributed by atoms with E-state index in [0.29, 0.717) is 25.1 Å². The first-order valence-corrected chi connectivity index (χ1v) is 9.79. The zero-order chi connectivity index (χ0) is 18.5. The third-order valence-electron chi connectivity index (χ3n) is 3.35.